The van der Waals surface area contributed by atoms with E-state index in [1.807, 2.05) is 22.7 Å². The molecule has 0 amide bonds. The van der Waals surface area contributed by atoms with Gasteiger partial charge in [-0.15, -0.1) is 22.7 Å². The Morgan fingerprint density at radius 3 is 1.79 bits per heavy atom. The number of rotatable bonds is 2. The molecule has 4 aromatic heterocycles. The van der Waals surface area contributed by atoms with Crippen molar-refractivity contribution in [1.82, 2.24) is 15.0 Å². The number of aromatic nitrogens is 3. The van der Waals surface area contributed by atoms with Gasteiger partial charge in [-0.25, -0.2) is 15.0 Å². The molecule has 11 aromatic rings. The first-order valence-electron chi connectivity index (χ1n) is 16.0. The van der Waals surface area contributed by atoms with Gasteiger partial charge in [0.1, 0.15) is 5.69 Å². The van der Waals surface area contributed by atoms with E-state index < -0.39 is 0 Å². The molecule has 4 heterocycles. The summed E-state index contributed by atoms with van der Waals surface area (Å²) in [5.74, 6) is 0.637. The van der Waals surface area contributed by atoms with Crippen molar-refractivity contribution in [2.45, 2.75) is 0 Å². The first kappa shape index (κ1) is 26.3. The van der Waals surface area contributed by atoms with Crippen LogP contribution >= 0.6 is 22.7 Å². The molecule has 0 radical (unpaired) electrons. The van der Waals surface area contributed by atoms with Crippen LogP contribution < -0.4 is 0 Å². The molecular weight excluding hydrogens is 623 g/mol. The van der Waals surface area contributed by atoms with Crippen LogP contribution in [0.3, 0.4) is 0 Å². The Kier molecular flexibility index (Phi) is 5.42. The van der Waals surface area contributed by atoms with E-state index in [-0.39, 0.29) is 0 Å². The summed E-state index contributed by atoms with van der Waals surface area (Å²) in [7, 11) is 0. The SMILES string of the molecule is c1ccc2c(-c3ccc4sc5ccccc5c4c3)nc(-c3nc4c(c5ccccc35)c3ccccc3c3sc5ccccc5c43)nc2c1. The lowest BCUT2D eigenvalue weighted by atomic mass is 9.95. The number of thiophene rings is 2. The molecule has 0 saturated heterocycles. The predicted octanol–water partition coefficient (Wildman–Crippen LogP) is 12.6. The molecule has 7 aromatic carbocycles. The molecule has 0 saturated carbocycles. The van der Waals surface area contributed by atoms with E-state index in [9.17, 15) is 0 Å². The molecule has 0 fully saturated rings. The molecule has 0 aliphatic heterocycles. The second-order valence-corrected chi connectivity index (χ2v) is 14.4. The van der Waals surface area contributed by atoms with Gasteiger partial charge in [0.05, 0.1) is 16.7 Å². The van der Waals surface area contributed by atoms with Gasteiger partial charge in [-0.1, -0.05) is 109 Å². The molecule has 0 N–H and O–H groups in total. The molecule has 0 aliphatic rings. The third-order valence-electron chi connectivity index (χ3n) is 9.65. The van der Waals surface area contributed by atoms with Gasteiger partial charge in [0.25, 0.3) is 0 Å². The number of para-hydroxylation sites is 1. The molecule has 48 heavy (non-hydrogen) atoms. The van der Waals surface area contributed by atoms with Crippen LogP contribution in [0.5, 0.6) is 0 Å². The number of nitrogens with zero attached hydrogens (tertiary/aromatic N) is 3. The largest absolute Gasteiger partial charge is 0.243 e. The lowest BCUT2D eigenvalue weighted by molar-refractivity contribution is 1.21. The number of fused-ring (bicyclic) bond motifs is 14. The molecule has 0 atom stereocenters. The van der Waals surface area contributed by atoms with Gasteiger partial charge in [-0.3, -0.25) is 0 Å². The van der Waals surface area contributed by atoms with Crippen LogP contribution in [-0.2, 0) is 0 Å². The fraction of sp³-hybridized carbons (Fsp3) is 0. The maximum Gasteiger partial charge on any atom is 0.179 e. The summed E-state index contributed by atoms with van der Waals surface area (Å²) in [6.45, 7) is 0. The van der Waals surface area contributed by atoms with Crippen LogP contribution in [0.1, 0.15) is 0 Å². The van der Waals surface area contributed by atoms with E-state index >= 15 is 0 Å². The van der Waals surface area contributed by atoms with E-state index in [4.69, 9.17) is 15.0 Å². The zero-order valence-electron chi connectivity index (χ0n) is 25.4. The Balaban J connectivity index is 1.27. The Hall–Kier alpha value is -5.75. The summed E-state index contributed by atoms with van der Waals surface area (Å²) in [6, 6.07) is 49.8. The molecule has 222 valence electrons. The van der Waals surface area contributed by atoms with Crippen LogP contribution in [0.2, 0.25) is 0 Å². The summed E-state index contributed by atoms with van der Waals surface area (Å²) < 4.78 is 5.11. The van der Waals surface area contributed by atoms with Crippen molar-refractivity contribution in [3.63, 3.8) is 0 Å². The molecule has 3 nitrogen and oxygen atoms in total. The minimum absolute atomic E-state index is 0.637. The van der Waals surface area contributed by atoms with Crippen LogP contribution in [0.25, 0.3) is 106 Å². The maximum absolute atomic E-state index is 5.58. The van der Waals surface area contributed by atoms with Gasteiger partial charge in [-0.05, 0) is 41.1 Å². The lowest BCUT2D eigenvalue weighted by Gasteiger charge is -2.14. The zero-order valence-corrected chi connectivity index (χ0v) is 27.1. The third kappa shape index (κ3) is 3.66. The highest BCUT2D eigenvalue weighted by atomic mass is 32.1. The average Bonchev–Trinajstić information content (AvgIpc) is 3.73. The third-order valence-corrected chi connectivity index (χ3v) is 12.0. The molecule has 0 spiro atoms. The van der Waals surface area contributed by atoms with Crippen LogP contribution in [0, 0.1) is 0 Å². The quantitative estimate of drug-likeness (QED) is 0.176. The Morgan fingerprint density at radius 2 is 0.979 bits per heavy atom. The molecular formula is C43H23N3S2. The van der Waals surface area contributed by atoms with Crippen molar-refractivity contribution in [3.8, 4) is 22.8 Å². The summed E-state index contributed by atoms with van der Waals surface area (Å²) in [6.07, 6.45) is 0. The Morgan fingerprint density at radius 1 is 0.375 bits per heavy atom. The fourth-order valence-electron chi connectivity index (χ4n) is 7.53. The van der Waals surface area contributed by atoms with E-state index in [0.29, 0.717) is 5.82 Å². The highest BCUT2D eigenvalue weighted by Gasteiger charge is 2.21. The number of pyridine rings is 1. The zero-order chi connectivity index (χ0) is 31.3. The highest BCUT2D eigenvalue weighted by Crippen LogP contribution is 2.46. The van der Waals surface area contributed by atoms with E-state index in [1.54, 1.807) is 0 Å². The minimum atomic E-state index is 0.637. The number of benzene rings is 7. The van der Waals surface area contributed by atoms with Gasteiger partial charge in [0.2, 0.25) is 0 Å². The van der Waals surface area contributed by atoms with Crippen molar-refractivity contribution in [3.05, 3.63) is 140 Å². The second kappa shape index (κ2) is 9.88. The first-order valence-corrected chi connectivity index (χ1v) is 17.7. The topological polar surface area (TPSA) is 38.7 Å². The number of hydrogen-bond acceptors (Lipinski definition) is 5. The van der Waals surface area contributed by atoms with E-state index in [2.05, 4.69) is 140 Å². The summed E-state index contributed by atoms with van der Waals surface area (Å²) in [5.41, 5.74) is 4.71. The maximum atomic E-state index is 5.58. The minimum Gasteiger partial charge on any atom is -0.243 e. The fourth-order valence-corrected chi connectivity index (χ4v) is 9.86. The van der Waals surface area contributed by atoms with Crippen molar-refractivity contribution < 1.29 is 0 Å². The van der Waals surface area contributed by atoms with Gasteiger partial charge < -0.3 is 0 Å². The van der Waals surface area contributed by atoms with Crippen molar-refractivity contribution in [2.75, 3.05) is 0 Å². The highest BCUT2D eigenvalue weighted by molar-refractivity contribution is 7.27. The van der Waals surface area contributed by atoms with Gasteiger partial charge >= 0.3 is 0 Å². The summed E-state index contributed by atoms with van der Waals surface area (Å²) >= 11 is 3.68. The van der Waals surface area contributed by atoms with E-state index in [0.717, 1.165) is 44.1 Å². The van der Waals surface area contributed by atoms with Crippen molar-refractivity contribution in [1.29, 1.82) is 0 Å². The van der Waals surface area contributed by atoms with Gasteiger partial charge in [0.15, 0.2) is 5.82 Å². The molecule has 11 rings (SSSR count). The number of hydrogen-bond donors (Lipinski definition) is 0. The van der Waals surface area contributed by atoms with Crippen molar-refractivity contribution in [2.24, 2.45) is 0 Å². The van der Waals surface area contributed by atoms with Gasteiger partial charge in [-0.2, -0.15) is 0 Å². The predicted molar refractivity (Wildman–Crippen MR) is 207 cm³/mol. The standard InChI is InChI=1S/C43H23N3S2/c1-3-14-28-26(12-1)37-27-13-2-4-15-29(27)42-38(31-17-7-10-20-35(31)48-42)41(37)45-40(28)43-44-33-18-8-5-16-30(33)39(46-43)24-21-22-36-32(23-24)25-11-6-9-19-34(25)47-36/h1-23H. The smallest absolute Gasteiger partial charge is 0.179 e. The molecule has 0 unspecified atom stereocenters. The molecule has 0 aliphatic carbocycles. The molecule has 0 bridgehead atoms. The van der Waals surface area contributed by atoms with Crippen LogP contribution in [-0.4, -0.2) is 15.0 Å². The monoisotopic (exact) mass is 645 g/mol. The summed E-state index contributed by atoms with van der Waals surface area (Å²) in [5, 5.41) is 11.9. The van der Waals surface area contributed by atoms with E-state index in [1.165, 1.54) is 56.5 Å². The summed E-state index contributed by atoms with van der Waals surface area (Å²) in [4.78, 5) is 16.2. The molecule has 5 heteroatoms. The Bertz CT molecular complexity index is 3140. The average molecular weight is 646 g/mol. The van der Waals surface area contributed by atoms with Crippen LogP contribution in [0.15, 0.2) is 140 Å². The first-order chi connectivity index (χ1) is 23.8. The van der Waals surface area contributed by atoms with Crippen molar-refractivity contribution >= 4 is 106 Å². The Labute approximate surface area is 282 Å². The second-order valence-electron chi connectivity index (χ2n) is 12.3. The lowest BCUT2D eigenvalue weighted by Crippen LogP contribution is -1.99. The van der Waals surface area contributed by atoms with Crippen LogP contribution in [0.4, 0.5) is 0 Å². The van der Waals surface area contributed by atoms with Gasteiger partial charge in [0, 0.05) is 67.5 Å². The normalized spacial score (nSPS) is 12.2.